The molecule has 1 saturated carbocycles. The second-order valence-electron chi connectivity index (χ2n) is 9.37. The second kappa shape index (κ2) is 10.4. The summed E-state index contributed by atoms with van der Waals surface area (Å²) in [6, 6.07) is 6.89. The number of hydrogen-bond donors (Lipinski definition) is 1. The molecule has 1 saturated heterocycles. The van der Waals surface area contributed by atoms with Crippen LogP contribution in [-0.2, 0) is 11.2 Å². The summed E-state index contributed by atoms with van der Waals surface area (Å²) in [5.74, 6) is 0.263. The van der Waals surface area contributed by atoms with Crippen LogP contribution in [0.15, 0.2) is 24.4 Å². The SMILES string of the molecule is CCCN1CCN([C@@H](C)CCCN(C(=O)Cc2c[nH]c3cc(Cl)ccc23)C2CC2)CC1. The molecule has 1 aliphatic carbocycles. The first kappa shape index (κ1) is 22.6. The number of halogens is 1. The van der Waals surface area contributed by atoms with E-state index in [-0.39, 0.29) is 5.91 Å². The lowest BCUT2D eigenvalue weighted by molar-refractivity contribution is -0.131. The Morgan fingerprint density at radius 3 is 2.74 bits per heavy atom. The molecule has 0 bridgehead atoms. The van der Waals surface area contributed by atoms with E-state index in [0.29, 0.717) is 23.5 Å². The first-order valence-corrected chi connectivity index (χ1v) is 12.4. The minimum atomic E-state index is 0.263. The van der Waals surface area contributed by atoms with Gasteiger partial charge in [0, 0.05) is 66.9 Å². The summed E-state index contributed by atoms with van der Waals surface area (Å²) in [6.45, 7) is 11.5. The third-order valence-corrected chi connectivity index (χ3v) is 7.21. The van der Waals surface area contributed by atoms with Gasteiger partial charge in [-0.25, -0.2) is 0 Å². The van der Waals surface area contributed by atoms with Gasteiger partial charge in [-0.3, -0.25) is 9.69 Å². The number of amides is 1. The van der Waals surface area contributed by atoms with Crippen LogP contribution in [0.25, 0.3) is 10.9 Å². The molecule has 4 rings (SSSR count). The van der Waals surface area contributed by atoms with Crippen LogP contribution in [0.1, 0.15) is 51.5 Å². The van der Waals surface area contributed by atoms with Gasteiger partial charge in [0.05, 0.1) is 6.42 Å². The fraction of sp³-hybridized carbons (Fsp3) is 0.640. The minimum absolute atomic E-state index is 0.263. The van der Waals surface area contributed by atoms with E-state index >= 15 is 0 Å². The average Bonchev–Trinajstić information content (AvgIpc) is 3.53. The molecule has 1 aliphatic heterocycles. The molecule has 1 atom stereocenters. The highest BCUT2D eigenvalue weighted by molar-refractivity contribution is 6.31. The van der Waals surface area contributed by atoms with Gasteiger partial charge in [-0.2, -0.15) is 0 Å². The van der Waals surface area contributed by atoms with Crippen molar-refractivity contribution in [1.82, 2.24) is 19.7 Å². The maximum Gasteiger partial charge on any atom is 0.227 e. The number of hydrogen-bond acceptors (Lipinski definition) is 3. The van der Waals surface area contributed by atoms with Gasteiger partial charge in [0.15, 0.2) is 0 Å². The summed E-state index contributed by atoms with van der Waals surface area (Å²) in [6.07, 6.45) is 8.23. The fourth-order valence-corrected chi connectivity index (χ4v) is 5.12. The van der Waals surface area contributed by atoms with Crippen LogP contribution >= 0.6 is 11.6 Å². The molecule has 2 fully saturated rings. The van der Waals surface area contributed by atoms with Crippen molar-refractivity contribution in [2.45, 2.75) is 64.5 Å². The highest BCUT2D eigenvalue weighted by Crippen LogP contribution is 2.29. The van der Waals surface area contributed by atoms with Crippen molar-refractivity contribution in [1.29, 1.82) is 0 Å². The number of nitrogens with zero attached hydrogens (tertiary/aromatic N) is 3. The Morgan fingerprint density at radius 1 is 1.26 bits per heavy atom. The predicted octanol–water partition coefficient (Wildman–Crippen LogP) is 4.55. The van der Waals surface area contributed by atoms with Crippen molar-refractivity contribution in [3.05, 3.63) is 35.0 Å². The summed E-state index contributed by atoms with van der Waals surface area (Å²) in [7, 11) is 0. The molecular formula is C25H37ClN4O. The van der Waals surface area contributed by atoms with E-state index < -0.39 is 0 Å². The van der Waals surface area contributed by atoms with Gasteiger partial charge >= 0.3 is 0 Å². The van der Waals surface area contributed by atoms with Crippen molar-refractivity contribution in [2.75, 3.05) is 39.3 Å². The van der Waals surface area contributed by atoms with Crippen LogP contribution in [-0.4, -0.2) is 76.9 Å². The number of aromatic nitrogens is 1. The van der Waals surface area contributed by atoms with Crippen LogP contribution in [0.4, 0.5) is 0 Å². The van der Waals surface area contributed by atoms with Crippen molar-refractivity contribution in [3.63, 3.8) is 0 Å². The molecule has 1 N–H and O–H groups in total. The number of carbonyl (C=O) groups is 1. The molecule has 5 nitrogen and oxygen atoms in total. The summed E-state index contributed by atoms with van der Waals surface area (Å²) in [5, 5.41) is 1.82. The number of aromatic amines is 1. The Hall–Kier alpha value is -1.56. The van der Waals surface area contributed by atoms with E-state index in [4.69, 9.17) is 11.6 Å². The fourth-order valence-electron chi connectivity index (χ4n) is 4.95. The normalized spacial score (nSPS) is 19.1. The summed E-state index contributed by atoms with van der Waals surface area (Å²) < 4.78 is 0. The van der Waals surface area contributed by atoms with E-state index in [1.54, 1.807) is 0 Å². The standard InChI is InChI=1S/C25H37ClN4O/c1-3-10-28-12-14-29(15-13-28)19(2)5-4-11-30(22-7-8-22)25(31)16-20-18-27-24-17-21(26)6-9-23(20)24/h6,9,17-19,22,27H,3-5,7-8,10-16H2,1-2H3/t19-/m0/s1. The van der Waals surface area contributed by atoms with E-state index in [9.17, 15) is 4.79 Å². The number of piperazine rings is 1. The van der Waals surface area contributed by atoms with Crippen LogP contribution in [0.5, 0.6) is 0 Å². The Labute approximate surface area is 191 Å². The molecule has 2 aromatic rings. The lowest BCUT2D eigenvalue weighted by atomic mass is 10.1. The Bertz CT molecular complexity index is 870. The maximum atomic E-state index is 13.1. The van der Waals surface area contributed by atoms with Gasteiger partial charge in [0.1, 0.15) is 0 Å². The molecule has 0 radical (unpaired) electrons. The number of benzene rings is 1. The van der Waals surface area contributed by atoms with Crippen molar-refractivity contribution >= 4 is 28.4 Å². The molecular weight excluding hydrogens is 408 g/mol. The quantitative estimate of drug-likeness (QED) is 0.584. The number of rotatable bonds is 10. The van der Waals surface area contributed by atoms with Crippen LogP contribution in [0, 0.1) is 0 Å². The van der Waals surface area contributed by atoms with Gasteiger partial charge in [-0.05, 0) is 63.3 Å². The summed E-state index contributed by atoms with van der Waals surface area (Å²) in [4.78, 5) is 23.8. The van der Waals surface area contributed by atoms with Gasteiger partial charge in [-0.1, -0.05) is 24.6 Å². The lowest BCUT2D eigenvalue weighted by Gasteiger charge is -2.38. The number of fused-ring (bicyclic) bond motifs is 1. The molecule has 1 aromatic heterocycles. The van der Waals surface area contributed by atoms with Crippen molar-refractivity contribution < 1.29 is 4.79 Å². The van der Waals surface area contributed by atoms with Crippen LogP contribution < -0.4 is 0 Å². The van der Waals surface area contributed by atoms with Gasteiger partial charge in [0.25, 0.3) is 0 Å². The molecule has 170 valence electrons. The topological polar surface area (TPSA) is 42.6 Å². The first-order valence-electron chi connectivity index (χ1n) is 12.1. The lowest BCUT2D eigenvalue weighted by Crippen LogP contribution is -2.49. The van der Waals surface area contributed by atoms with Crippen LogP contribution in [0.3, 0.4) is 0 Å². The van der Waals surface area contributed by atoms with Crippen molar-refractivity contribution in [2.24, 2.45) is 0 Å². The molecule has 2 aliphatic rings. The predicted molar refractivity (Wildman–Crippen MR) is 129 cm³/mol. The zero-order valence-corrected chi connectivity index (χ0v) is 19.8. The zero-order chi connectivity index (χ0) is 21.8. The number of carbonyl (C=O) groups excluding carboxylic acids is 1. The summed E-state index contributed by atoms with van der Waals surface area (Å²) in [5.41, 5.74) is 2.07. The highest BCUT2D eigenvalue weighted by Gasteiger charge is 2.32. The van der Waals surface area contributed by atoms with E-state index in [1.165, 1.54) is 39.1 Å². The van der Waals surface area contributed by atoms with Gasteiger partial charge in [0.2, 0.25) is 5.91 Å². The third kappa shape index (κ3) is 5.82. The summed E-state index contributed by atoms with van der Waals surface area (Å²) >= 11 is 6.09. The first-order chi connectivity index (χ1) is 15.0. The highest BCUT2D eigenvalue weighted by atomic mass is 35.5. The van der Waals surface area contributed by atoms with Crippen LogP contribution in [0.2, 0.25) is 5.02 Å². The Morgan fingerprint density at radius 2 is 2.03 bits per heavy atom. The maximum absolute atomic E-state index is 13.1. The van der Waals surface area contributed by atoms with E-state index in [0.717, 1.165) is 48.7 Å². The molecule has 0 spiro atoms. The van der Waals surface area contributed by atoms with Gasteiger partial charge < -0.3 is 14.8 Å². The Balaban J connectivity index is 1.27. The monoisotopic (exact) mass is 444 g/mol. The minimum Gasteiger partial charge on any atom is -0.361 e. The second-order valence-corrected chi connectivity index (χ2v) is 9.80. The smallest absolute Gasteiger partial charge is 0.227 e. The average molecular weight is 445 g/mol. The molecule has 0 unspecified atom stereocenters. The third-order valence-electron chi connectivity index (χ3n) is 6.97. The van der Waals surface area contributed by atoms with E-state index in [1.807, 2.05) is 24.4 Å². The van der Waals surface area contributed by atoms with E-state index in [2.05, 4.69) is 33.5 Å². The molecule has 6 heteroatoms. The number of nitrogens with one attached hydrogen (secondary N) is 1. The molecule has 2 heterocycles. The molecule has 1 aromatic carbocycles. The zero-order valence-electron chi connectivity index (χ0n) is 19.1. The van der Waals surface area contributed by atoms with Gasteiger partial charge in [-0.15, -0.1) is 0 Å². The van der Waals surface area contributed by atoms with Crippen molar-refractivity contribution in [3.8, 4) is 0 Å². The number of H-pyrrole nitrogens is 1. The largest absolute Gasteiger partial charge is 0.361 e. The molecule has 1 amide bonds. The Kier molecular flexibility index (Phi) is 7.57. The molecule has 31 heavy (non-hydrogen) atoms.